The molecule has 0 spiro atoms. The third kappa shape index (κ3) is 4.21. The number of carbonyl (C=O) groups excluding carboxylic acids is 1. The van der Waals surface area contributed by atoms with Gasteiger partial charge >= 0.3 is 0 Å². The van der Waals surface area contributed by atoms with E-state index in [9.17, 15) is 4.79 Å². The molecule has 6 heteroatoms. The predicted molar refractivity (Wildman–Crippen MR) is 104 cm³/mol. The van der Waals surface area contributed by atoms with Crippen LogP contribution in [0.4, 0.5) is 0 Å². The zero-order chi connectivity index (χ0) is 18.6. The Balaban J connectivity index is 1.39. The molecule has 1 amide bonds. The van der Waals surface area contributed by atoms with Crippen LogP contribution >= 0.6 is 11.6 Å². The molecule has 4 rings (SSSR count). The molecule has 2 heterocycles. The molecule has 1 aromatic heterocycles. The van der Waals surface area contributed by atoms with Crippen LogP contribution in [-0.4, -0.2) is 28.1 Å². The summed E-state index contributed by atoms with van der Waals surface area (Å²) in [5.41, 5.74) is 3.10. The molecule has 0 radical (unpaired) electrons. The summed E-state index contributed by atoms with van der Waals surface area (Å²) in [6.07, 6.45) is 2.15. The molecule has 1 aliphatic heterocycles. The zero-order valence-corrected chi connectivity index (χ0v) is 15.5. The normalized spacial score (nSPS) is 16.0. The minimum absolute atomic E-state index is 0.000784. The van der Waals surface area contributed by atoms with Crippen LogP contribution in [0.15, 0.2) is 60.8 Å². The molecule has 3 aromatic rings. The zero-order valence-electron chi connectivity index (χ0n) is 14.8. The van der Waals surface area contributed by atoms with Crippen LogP contribution < -0.4 is 5.32 Å². The van der Waals surface area contributed by atoms with Gasteiger partial charge in [0.2, 0.25) is 5.91 Å². The number of ether oxygens (including phenoxy) is 1. The number of hydrogen-bond acceptors (Lipinski definition) is 3. The van der Waals surface area contributed by atoms with Crippen molar-refractivity contribution in [2.24, 2.45) is 0 Å². The Kier molecular flexibility index (Phi) is 5.23. The van der Waals surface area contributed by atoms with Crippen molar-refractivity contribution in [3.63, 3.8) is 0 Å². The fourth-order valence-corrected chi connectivity index (χ4v) is 3.35. The van der Waals surface area contributed by atoms with Gasteiger partial charge < -0.3 is 14.6 Å². The van der Waals surface area contributed by atoms with E-state index in [1.54, 1.807) is 0 Å². The van der Waals surface area contributed by atoms with E-state index < -0.39 is 0 Å². The molecule has 27 heavy (non-hydrogen) atoms. The van der Waals surface area contributed by atoms with E-state index in [-0.39, 0.29) is 12.0 Å². The first kappa shape index (κ1) is 17.8. The molecule has 5 nitrogen and oxygen atoms in total. The second-order valence-corrected chi connectivity index (χ2v) is 7.01. The van der Waals surface area contributed by atoms with Gasteiger partial charge in [0, 0.05) is 11.6 Å². The molecule has 0 saturated carbocycles. The van der Waals surface area contributed by atoms with E-state index in [1.807, 2.05) is 60.8 Å². The van der Waals surface area contributed by atoms with Gasteiger partial charge in [0.05, 0.1) is 31.0 Å². The average Bonchev–Trinajstić information content (AvgIpc) is 3.11. The molecule has 0 fully saturated rings. The van der Waals surface area contributed by atoms with Crippen molar-refractivity contribution in [3.8, 4) is 11.3 Å². The average molecular weight is 382 g/mol. The van der Waals surface area contributed by atoms with Gasteiger partial charge in [-0.2, -0.15) is 0 Å². The Hall–Kier alpha value is -2.63. The second kappa shape index (κ2) is 7.94. The molecule has 0 aliphatic carbocycles. The van der Waals surface area contributed by atoms with Gasteiger partial charge in [-0.05, 0) is 23.3 Å². The molecular weight excluding hydrogens is 362 g/mol. The molecule has 1 atom stereocenters. The maximum Gasteiger partial charge on any atom is 0.224 e. The number of aromatic nitrogens is 2. The number of benzene rings is 2. The number of amides is 1. The number of rotatable bonds is 5. The SMILES string of the molecule is O=C(Cc1ccccc1)NCC1Cn2c(-c3ccc(Cl)cc3)cnc2CO1. The van der Waals surface area contributed by atoms with Crippen molar-refractivity contribution in [2.75, 3.05) is 6.54 Å². The maximum absolute atomic E-state index is 12.2. The van der Waals surface area contributed by atoms with Gasteiger partial charge in [-0.25, -0.2) is 4.98 Å². The van der Waals surface area contributed by atoms with Crippen LogP contribution in [0, 0.1) is 0 Å². The van der Waals surface area contributed by atoms with Crippen molar-refractivity contribution in [1.29, 1.82) is 0 Å². The first-order chi connectivity index (χ1) is 13.2. The number of fused-ring (bicyclic) bond motifs is 1. The summed E-state index contributed by atoms with van der Waals surface area (Å²) in [6.45, 7) is 1.56. The van der Waals surface area contributed by atoms with Crippen LogP contribution in [0.2, 0.25) is 5.02 Å². The van der Waals surface area contributed by atoms with Crippen molar-refractivity contribution >= 4 is 17.5 Å². The number of carbonyl (C=O) groups is 1. The van der Waals surface area contributed by atoms with Gasteiger partial charge in [-0.1, -0.05) is 54.1 Å². The fraction of sp³-hybridized carbons (Fsp3) is 0.238. The molecule has 1 N–H and O–H groups in total. The number of imidazole rings is 1. The third-order valence-corrected chi connectivity index (χ3v) is 4.90. The van der Waals surface area contributed by atoms with E-state index >= 15 is 0 Å². The summed E-state index contributed by atoms with van der Waals surface area (Å²) in [7, 11) is 0. The smallest absolute Gasteiger partial charge is 0.224 e. The highest BCUT2D eigenvalue weighted by Gasteiger charge is 2.23. The molecule has 0 bridgehead atoms. The van der Waals surface area contributed by atoms with Gasteiger partial charge in [0.1, 0.15) is 12.4 Å². The Morgan fingerprint density at radius 2 is 1.96 bits per heavy atom. The highest BCUT2D eigenvalue weighted by molar-refractivity contribution is 6.30. The standard InChI is InChI=1S/C21H20ClN3O2/c22-17-8-6-16(7-9-17)19-12-23-20-14-27-18(13-25(19)20)11-24-21(26)10-15-4-2-1-3-5-15/h1-9,12,18H,10-11,13-14H2,(H,24,26). The summed E-state index contributed by atoms with van der Waals surface area (Å²) in [5, 5.41) is 3.68. The highest BCUT2D eigenvalue weighted by Crippen LogP contribution is 2.26. The van der Waals surface area contributed by atoms with E-state index in [1.165, 1.54) is 0 Å². The van der Waals surface area contributed by atoms with Crippen molar-refractivity contribution in [3.05, 3.63) is 77.2 Å². The van der Waals surface area contributed by atoms with E-state index in [4.69, 9.17) is 16.3 Å². The minimum atomic E-state index is -0.0857. The van der Waals surface area contributed by atoms with Crippen molar-refractivity contribution in [2.45, 2.75) is 25.7 Å². The van der Waals surface area contributed by atoms with Crippen LogP contribution in [-0.2, 0) is 29.1 Å². The minimum Gasteiger partial charge on any atom is -0.367 e. The Bertz CT molecular complexity index is 922. The van der Waals surface area contributed by atoms with Crippen LogP contribution in [0.1, 0.15) is 11.4 Å². The second-order valence-electron chi connectivity index (χ2n) is 6.58. The molecule has 0 saturated heterocycles. The summed E-state index contributed by atoms with van der Waals surface area (Å²) >= 11 is 5.99. The monoisotopic (exact) mass is 381 g/mol. The van der Waals surface area contributed by atoms with Crippen molar-refractivity contribution in [1.82, 2.24) is 14.9 Å². The van der Waals surface area contributed by atoms with Crippen molar-refractivity contribution < 1.29 is 9.53 Å². The number of hydrogen-bond donors (Lipinski definition) is 1. The largest absolute Gasteiger partial charge is 0.367 e. The molecule has 2 aromatic carbocycles. The number of nitrogens with one attached hydrogen (secondary N) is 1. The lowest BCUT2D eigenvalue weighted by molar-refractivity contribution is -0.121. The van der Waals surface area contributed by atoms with E-state index in [0.29, 0.717) is 31.1 Å². The Morgan fingerprint density at radius 1 is 1.19 bits per heavy atom. The lowest BCUT2D eigenvalue weighted by Gasteiger charge is -2.26. The number of halogens is 1. The summed E-state index contributed by atoms with van der Waals surface area (Å²) in [6, 6.07) is 17.4. The van der Waals surface area contributed by atoms with E-state index in [0.717, 1.165) is 22.6 Å². The quantitative estimate of drug-likeness (QED) is 0.736. The summed E-state index contributed by atoms with van der Waals surface area (Å²) in [5.74, 6) is 0.894. The first-order valence-electron chi connectivity index (χ1n) is 8.91. The predicted octanol–water partition coefficient (Wildman–Crippen LogP) is 3.46. The lowest BCUT2D eigenvalue weighted by Crippen LogP contribution is -2.39. The maximum atomic E-state index is 12.2. The topological polar surface area (TPSA) is 56.2 Å². The van der Waals surface area contributed by atoms with E-state index in [2.05, 4.69) is 14.9 Å². The molecular formula is C21H20ClN3O2. The van der Waals surface area contributed by atoms with Gasteiger partial charge in [0.25, 0.3) is 0 Å². The van der Waals surface area contributed by atoms with Gasteiger partial charge in [0.15, 0.2) is 0 Å². The van der Waals surface area contributed by atoms with Crippen LogP contribution in [0.3, 0.4) is 0 Å². The molecule has 1 aliphatic rings. The Morgan fingerprint density at radius 3 is 2.74 bits per heavy atom. The fourth-order valence-electron chi connectivity index (χ4n) is 3.23. The molecule has 138 valence electrons. The van der Waals surface area contributed by atoms with Gasteiger partial charge in [-0.3, -0.25) is 4.79 Å². The lowest BCUT2D eigenvalue weighted by atomic mass is 10.1. The van der Waals surface area contributed by atoms with Crippen LogP contribution in [0.5, 0.6) is 0 Å². The number of nitrogens with zero attached hydrogens (tertiary/aromatic N) is 2. The highest BCUT2D eigenvalue weighted by atomic mass is 35.5. The Labute approximate surface area is 162 Å². The van der Waals surface area contributed by atoms with Crippen LogP contribution in [0.25, 0.3) is 11.3 Å². The summed E-state index contributed by atoms with van der Waals surface area (Å²) < 4.78 is 8.01. The molecule has 1 unspecified atom stereocenters. The third-order valence-electron chi connectivity index (χ3n) is 4.65. The first-order valence-corrected chi connectivity index (χ1v) is 9.29. The van der Waals surface area contributed by atoms with Gasteiger partial charge in [-0.15, -0.1) is 0 Å². The summed E-state index contributed by atoms with van der Waals surface area (Å²) in [4.78, 5) is 16.6.